The lowest BCUT2D eigenvalue weighted by Crippen LogP contribution is -2.31. The van der Waals surface area contributed by atoms with Gasteiger partial charge in [-0.15, -0.1) is 0 Å². The van der Waals surface area contributed by atoms with Crippen LogP contribution >= 0.6 is 0 Å². The molecule has 0 saturated carbocycles. The predicted octanol–water partition coefficient (Wildman–Crippen LogP) is 1.83. The van der Waals surface area contributed by atoms with Crippen molar-refractivity contribution in [3.63, 3.8) is 0 Å². The molecule has 1 saturated heterocycles. The van der Waals surface area contributed by atoms with Crippen LogP contribution in [0, 0.1) is 6.92 Å². The number of carbonyl (C=O) groups is 1. The number of ether oxygens (including phenoxy) is 1. The van der Waals surface area contributed by atoms with Gasteiger partial charge in [-0.05, 0) is 31.5 Å². The molecular weight excluding hydrogens is 232 g/mol. The van der Waals surface area contributed by atoms with Gasteiger partial charge in [0.15, 0.2) is 0 Å². The fourth-order valence-electron chi connectivity index (χ4n) is 2.24. The summed E-state index contributed by atoms with van der Waals surface area (Å²) < 4.78 is 7.45. The zero-order valence-corrected chi connectivity index (χ0v) is 10.1. The second-order valence-corrected chi connectivity index (χ2v) is 4.56. The Morgan fingerprint density at radius 1 is 1.61 bits per heavy atom. The first kappa shape index (κ1) is 11.2. The van der Waals surface area contributed by atoms with Crippen molar-refractivity contribution in [3.05, 3.63) is 29.6 Å². The van der Waals surface area contributed by atoms with Gasteiger partial charge in [0.25, 0.3) is 0 Å². The van der Waals surface area contributed by atoms with Crippen molar-refractivity contribution in [2.45, 2.75) is 26.0 Å². The number of nitrogens with zero attached hydrogens (tertiary/aromatic N) is 2. The summed E-state index contributed by atoms with van der Waals surface area (Å²) in [5.41, 5.74) is 1.98. The van der Waals surface area contributed by atoms with Crippen molar-refractivity contribution in [1.29, 1.82) is 0 Å². The Morgan fingerprint density at radius 2 is 2.39 bits per heavy atom. The van der Waals surface area contributed by atoms with Crippen molar-refractivity contribution < 1.29 is 14.6 Å². The fourth-order valence-corrected chi connectivity index (χ4v) is 2.24. The molecule has 1 aromatic carbocycles. The summed E-state index contributed by atoms with van der Waals surface area (Å²) in [5.74, 6) is -0.0229. The van der Waals surface area contributed by atoms with Crippen molar-refractivity contribution >= 4 is 17.0 Å². The van der Waals surface area contributed by atoms with Crippen LogP contribution in [0.2, 0.25) is 0 Å². The van der Waals surface area contributed by atoms with E-state index in [0.717, 1.165) is 36.4 Å². The molecule has 1 atom stereocenters. The van der Waals surface area contributed by atoms with Crippen molar-refractivity contribution in [1.82, 2.24) is 9.55 Å². The number of aromatic carboxylic acids is 1. The molecule has 2 aromatic rings. The highest BCUT2D eigenvalue weighted by Crippen LogP contribution is 2.21. The SMILES string of the molecule is Cc1nc2ccc(C(=O)O)cc2n1C[C@@H]1CCO1. The van der Waals surface area contributed by atoms with Gasteiger partial charge < -0.3 is 14.4 Å². The molecule has 0 bridgehead atoms. The van der Waals surface area contributed by atoms with Gasteiger partial charge in [0.05, 0.1) is 29.2 Å². The molecule has 5 heteroatoms. The lowest BCUT2D eigenvalue weighted by molar-refractivity contribution is -0.0589. The van der Waals surface area contributed by atoms with Gasteiger partial charge in [0.1, 0.15) is 5.82 Å². The van der Waals surface area contributed by atoms with Gasteiger partial charge in [-0.1, -0.05) is 0 Å². The molecule has 1 aromatic heterocycles. The Balaban J connectivity index is 2.06. The molecule has 2 heterocycles. The molecule has 1 fully saturated rings. The zero-order valence-electron chi connectivity index (χ0n) is 10.1. The molecule has 0 unspecified atom stereocenters. The van der Waals surface area contributed by atoms with Gasteiger partial charge in [-0.3, -0.25) is 0 Å². The first-order valence-corrected chi connectivity index (χ1v) is 5.97. The van der Waals surface area contributed by atoms with E-state index in [9.17, 15) is 4.79 Å². The molecule has 1 aliphatic rings. The normalized spacial score (nSPS) is 18.8. The smallest absolute Gasteiger partial charge is 0.335 e. The summed E-state index contributed by atoms with van der Waals surface area (Å²) in [6.07, 6.45) is 1.28. The average Bonchev–Trinajstić information content (AvgIpc) is 2.58. The van der Waals surface area contributed by atoms with Crippen LogP contribution in [0.3, 0.4) is 0 Å². The maximum absolute atomic E-state index is 11.0. The number of hydrogen-bond donors (Lipinski definition) is 1. The molecule has 3 rings (SSSR count). The number of aryl methyl sites for hydroxylation is 1. The predicted molar refractivity (Wildman–Crippen MR) is 65.8 cm³/mol. The van der Waals surface area contributed by atoms with Crippen molar-refractivity contribution in [2.75, 3.05) is 6.61 Å². The minimum atomic E-state index is -0.915. The topological polar surface area (TPSA) is 64.3 Å². The van der Waals surface area contributed by atoms with Gasteiger partial charge in [0, 0.05) is 6.61 Å². The quantitative estimate of drug-likeness (QED) is 0.897. The number of benzene rings is 1. The van der Waals surface area contributed by atoms with E-state index in [-0.39, 0.29) is 11.7 Å². The standard InChI is InChI=1S/C13H14N2O3/c1-8-14-11-3-2-9(13(16)17)6-12(11)15(8)7-10-4-5-18-10/h2-3,6,10H,4-5,7H2,1H3,(H,16,17)/t10-/m0/s1. The van der Waals surface area contributed by atoms with Gasteiger partial charge in [-0.25, -0.2) is 9.78 Å². The Bertz CT molecular complexity index is 614. The average molecular weight is 246 g/mol. The summed E-state index contributed by atoms with van der Waals surface area (Å²) in [6.45, 7) is 3.49. The first-order valence-electron chi connectivity index (χ1n) is 5.97. The van der Waals surface area contributed by atoms with Crippen LogP contribution in [0.4, 0.5) is 0 Å². The number of aromatic nitrogens is 2. The second kappa shape index (κ2) is 4.10. The van der Waals surface area contributed by atoms with E-state index in [1.165, 1.54) is 0 Å². The summed E-state index contributed by atoms with van der Waals surface area (Å²) in [5, 5.41) is 9.03. The summed E-state index contributed by atoms with van der Waals surface area (Å²) >= 11 is 0. The lowest BCUT2D eigenvalue weighted by atomic mass is 10.1. The van der Waals surface area contributed by atoms with E-state index in [4.69, 9.17) is 9.84 Å². The third-order valence-electron chi connectivity index (χ3n) is 3.37. The van der Waals surface area contributed by atoms with E-state index >= 15 is 0 Å². The van der Waals surface area contributed by atoms with E-state index in [1.807, 2.05) is 11.5 Å². The highest BCUT2D eigenvalue weighted by Gasteiger charge is 2.21. The van der Waals surface area contributed by atoms with Crippen LogP contribution in [0.1, 0.15) is 22.6 Å². The van der Waals surface area contributed by atoms with Crippen LogP contribution in [0.5, 0.6) is 0 Å². The van der Waals surface area contributed by atoms with Crippen LogP contribution in [-0.2, 0) is 11.3 Å². The van der Waals surface area contributed by atoms with Crippen LogP contribution in [0.15, 0.2) is 18.2 Å². The minimum Gasteiger partial charge on any atom is -0.478 e. The highest BCUT2D eigenvalue weighted by molar-refractivity contribution is 5.92. The fraction of sp³-hybridized carbons (Fsp3) is 0.385. The van der Waals surface area contributed by atoms with E-state index < -0.39 is 5.97 Å². The molecule has 94 valence electrons. The summed E-state index contributed by atoms with van der Waals surface area (Å²) in [4.78, 5) is 15.4. The van der Waals surface area contributed by atoms with E-state index in [2.05, 4.69) is 4.98 Å². The molecule has 5 nitrogen and oxygen atoms in total. The second-order valence-electron chi connectivity index (χ2n) is 4.56. The third kappa shape index (κ3) is 1.76. The molecule has 0 aliphatic carbocycles. The monoisotopic (exact) mass is 246 g/mol. The number of imidazole rings is 1. The first-order chi connectivity index (χ1) is 8.65. The van der Waals surface area contributed by atoms with E-state index in [1.54, 1.807) is 18.2 Å². The van der Waals surface area contributed by atoms with Crippen LogP contribution < -0.4 is 0 Å². The molecule has 1 N–H and O–H groups in total. The number of carboxylic acid groups (broad SMARTS) is 1. The highest BCUT2D eigenvalue weighted by atomic mass is 16.5. The van der Waals surface area contributed by atoms with E-state index in [0.29, 0.717) is 0 Å². The molecule has 1 aliphatic heterocycles. The van der Waals surface area contributed by atoms with Crippen molar-refractivity contribution in [2.24, 2.45) is 0 Å². The van der Waals surface area contributed by atoms with Gasteiger partial charge in [-0.2, -0.15) is 0 Å². The van der Waals surface area contributed by atoms with Crippen LogP contribution in [-0.4, -0.2) is 33.3 Å². The van der Waals surface area contributed by atoms with Gasteiger partial charge >= 0.3 is 5.97 Å². The number of fused-ring (bicyclic) bond motifs is 1. The minimum absolute atomic E-state index is 0.231. The Hall–Kier alpha value is -1.88. The van der Waals surface area contributed by atoms with Crippen LogP contribution in [0.25, 0.3) is 11.0 Å². The number of carboxylic acids is 1. The Labute approximate surface area is 104 Å². The summed E-state index contributed by atoms with van der Waals surface area (Å²) in [7, 11) is 0. The molecule has 0 amide bonds. The maximum atomic E-state index is 11.0. The largest absolute Gasteiger partial charge is 0.478 e. The molecule has 18 heavy (non-hydrogen) atoms. The molecule has 0 spiro atoms. The number of hydrogen-bond acceptors (Lipinski definition) is 3. The Kier molecular flexibility index (Phi) is 2.56. The molecular formula is C13H14N2O3. The number of rotatable bonds is 3. The van der Waals surface area contributed by atoms with Crippen molar-refractivity contribution in [3.8, 4) is 0 Å². The lowest BCUT2D eigenvalue weighted by Gasteiger charge is -2.27. The zero-order chi connectivity index (χ0) is 12.7. The molecule has 0 radical (unpaired) electrons. The summed E-state index contributed by atoms with van der Waals surface area (Å²) in [6, 6.07) is 5.02. The maximum Gasteiger partial charge on any atom is 0.335 e. The Morgan fingerprint density at radius 3 is 3.00 bits per heavy atom. The van der Waals surface area contributed by atoms with Gasteiger partial charge in [0.2, 0.25) is 0 Å². The third-order valence-corrected chi connectivity index (χ3v) is 3.37.